The van der Waals surface area contributed by atoms with Crippen molar-refractivity contribution in [2.75, 3.05) is 10.7 Å². The van der Waals surface area contributed by atoms with Crippen LogP contribution < -0.4 is 15.4 Å². The number of fused-ring (bicyclic) bond motifs is 1. The molecule has 43 heavy (non-hydrogen) atoms. The van der Waals surface area contributed by atoms with Crippen molar-refractivity contribution in [2.45, 2.75) is 43.1 Å². The van der Waals surface area contributed by atoms with Gasteiger partial charge in [0.25, 0.3) is 0 Å². The Morgan fingerprint density at radius 2 is 1.79 bits per heavy atom. The maximum Gasteiger partial charge on any atom is 0.574 e. The summed E-state index contributed by atoms with van der Waals surface area (Å²) in [7, 11) is -2.50. The fraction of sp³-hybridized carbons (Fsp3) is 0.296. The zero-order valence-electron chi connectivity index (χ0n) is 23.0. The zero-order valence-corrected chi connectivity index (χ0v) is 23.8. The summed E-state index contributed by atoms with van der Waals surface area (Å²) in [6.07, 6.45) is -4.89. The van der Waals surface area contributed by atoms with Crippen LogP contribution in [-0.4, -0.2) is 52.5 Å². The van der Waals surface area contributed by atoms with E-state index in [2.05, 4.69) is 26.1 Å². The number of aromatic nitrogens is 4. The molecule has 1 atom stereocenters. The van der Waals surface area contributed by atoms with E-state index in [9.17, 15) is 31.6 Å². The second-order valence-electron chi connectivity index (χ2n) is 10.4. The Hall–Kier alpha value is -4.75. The Morgan fingerprint density at radius 3 is 2.44 bits per heavy atom. The summed E-state index contributed by atoms with van der Waals surface area (Å²) in [5.74, 6) is -1.77. The molecule has 16 heteroatoms. The van der Waals surface area contributed by atoms with E-state index in [1.807, 2.05) is 0 Å². The van der Waals surface area contributed by atoms with Crippen LogP contribution in [0.4, 0.5) is 18.9 Å². The van der Waals surface area contributed by atoms with Crippen LogP contribution in [0.1, 0.15) is 25.3 Å². The molecular weight excluding hydrogens is 591 g/mol. The molecule has 3 heterocycles. The molecule has 2 aromatic carbocycles. The first-order valence-corrected chi connectivity index (χ1v) is 14.3. The maximum absolute atomic E-state index is 13.4. The average molecular weight is 616 g/mol. The molecule has 0 saturated carbocycles. The van der Waals surface area contributed by atoms with Crippen LogP contribution in [0.3, 0.4) is 0 Å². The molecule has 5 rings (SSSR count). The van der Waals surface area contributed by atoms with Gasteiger partial charge in [-0.25, -0.2) is 8.42 Å². The third-order valence-corrected chi connectivity index (χ3v) is 8.53. The van der Waals surface area contributed by atoms with Crippen molar-refractivity contribution in [1.82, 2.24) is 20.0 Å². The summed E-state index contributed by atoms with van der Waals surface area (Å²) < 4.78 is 75.0. The third-order valence-electron chi connectivity index (χ3n) is 6.72. The van der Waals surface area contributed by atoms with E-state index in [-0.39, 0.29) is 28.9 Å². The van der Waals surface area contributed by atoms with Crippen LogP contribution in [0.5, 0.6) is 5.88 Å². The number of ether oxygens (including phenoxy) is 1. The lowest BCUT2D eigenvalue weighted by atomic mass is 9.96. The fourth-order valence-electron chi connectivity index (χ4n) is 4.49. The number of benzene rings is 2. The molecule has 224 valence electrons. The first-order chi connectivity index (χ1) is 20.1. The molecule has 0 saturated heterocycles. The van der Waals surface area contributed by atoms with Crippen molar-refractivity contribution < 1.29 is 35.5 Å². The number of nitrogens with two attached hydrogens (primary N) is 1. The highest BCUT2D eigenvalue weighted by atomic mass is 32.2. The minimum absolute atomic E-state index is 0.0221. The molecule has 12 nitrogen and oxygen atoms in total. The second-order valence-corrected chi connectivity index (χ2v) is 12.4. The topological polar surface area (TPSA) is 170 Å². The largest absolute Gasteiger partial charge is 0.574 e. The number of hydrogen-bond acceptors (Lipinski definition) is 10. The molecule has 1 amide bonds. The second kappa shape index (κ2) is 10.5. The van der Waals surface area contributed by atoms with Gasteiger partial charge in [0, 0.05) is 18.7 Å². The van der Waals surface area contributed by atoms with Crippen molar-refractivity contribution in [3.05, 3.63) is 60.0 Å². The molecular formula is C27H24F3N7O5S. The quantitative estimate of drug-likeness (QED) is 0.339. The van der Waals surface area contributed by atoms with E-state index in [1.54, 1.807) is 38.1 Å². The first-order valence-electron chi connectivity index (χ1n) is 12.7. The number of carbonyl (C=O) groups excluding carboxylic acids is 1. The summed E-state index contributed by atoms with van der Waals surface area (Å²) in [5.41, 5.74) is 6.76. The van der Waals surface area contributed by atoms with Crippen molar-refractivity contribution in [3.8, 4) is 34.7 Å². The minimum Gasteiger partial charge on any atom is -0.419 e. The molecule has 0 bridgehead atoms. The van der Waals surface area contributed by atoms with Gasteiger partial charge in [-0.2, -0.15) is 5.26 Å². The number of halogens is 3. The third kappa shape index (κ3) is 5.94. The highest BCUT2D eigenvalue weighted by Gasteiger charge is 2.37. The lowest BCUT2D eigenvalue weighted by Crippen LogP contribution is -2.45. The van der Waals surface area contributed by atoms with Crippen LogP contribution in [0.25, 0.3) is 22.7 Å². The van der Waals surface area contributed by atoms with Gasteiger partial charge in [0.2, 0.25) is 23.6 Å². The van der Waals surface area contributed by atoms with E-state index >= 15 is 0 Å². The van der Waals surface area contributed by atoms with Crippen LogP contribution in [0, 0.1) is 11.3 Å². The Morgan fingerprint density at radius 1 is 1.12 bits per heavy atom. The van der Waals surface area contributed by atoms with Crippen LogP contribution in [0.15, 0.2) is 57.8 Å². The highest BCUT2D eigenvalue weighted by Crippen LogP contribution is 2.36. The molecule has 2 aromatic heterocycles. The molecule has 0 aliphatic carbocycles. The van der Waals surface area contributed by atoms with Gasteiger partial charge in [-0.1, -0.05) is 24.3 Å². The van der Waals surface area contributed by atoms with E-state index in [4.69, 9.17) is 10.2 Å². The Balaban J connectivity index is 1.50. The van der Waals surface area contributed by atoms with Crippen LogP contribution >= 0.6 is 0 Å². The standard InChI is InChI=1S/C27H24F3N7O5S/c1-26(2,14-31)25-34-33-23(41-25)17-8-9-21-20(10-17)37(24(38)18(32)13-43(21,39)40)12-15-4-6-16(7-5-15)19-11-22(35-36(19)3)42-27(28,29)30/h4-11,18H,12-13,32H2,1-3H3/t18-/m0/s1. The minimum atomic E-state index is -4.89. The summed E-state index contributed by atoms with van der Waals surface area (Å²) in [6, 6.07) is 12.6. The van der Waals surface area contributed by atoms with Gasteiger partial charge in [0.15, 0.2) is 9.84 Å². The monoisotopic (exact) mass is 615 g/mol. The number of rotatable bonds is 6. The molecule has 4 aromatic rings. The predicted molar refractivity (Wildman–Crippen MR) is 145 cm³/mol. The lowest BCUT2D eigenvalue weighted by molar-refractivity contribution is -0.276. The number of aryl methyl sites for hydroxylation is 1. The molecule has 0 unspecified atom stereocenters. The molecule has 1 aliphatic heterocycles. The zero-order chi connectivity index (χ0) is 31.3. The van der Waals surface area contributed by atoms with E-state index < -0.39 is 45.2 Å². The lowest BCUT2D eigenvalue weighted by Gasteiger charge is -2.24. The van der Waals surface area contributed by atoms with Crippen molar-refractivity contribution in [3.63, 3.8) is 0 Å². The van der Waals surface area contributed by atoms with Gasteiger partial charge in [0.05, 0.1) is 40.7 Å². The van der Waals surface area contributed by atoms with E-state index in [1.165, 1.54) is 34.8 Å². The Kier molecular flexibility index (Phi) is 7.27. The first kappa shape index (κ1) is 29.7. The number of sulfone groups is 1. The smallest absolute Gasteiger partial charge is 0.419 e. The SMILES string of the molecule is Cn1nc(OC(F)(F)F)cc1-c1ccc(CN2C(=O)[C@@H](N)CS(=O)(=O)c3ccc(-c4nnc(C(C)(C)C#N)o4)cc32)cc1. The van der Waals surface area contributed by atoms with Crippen LogP contribution in [0.2, 0.25) is 0 Å². The number of hydrogen-bond donors (Lipinski definition) is 1. The highest BCUT2D eigenvalue weighted by molar-refractivity contribution is 7.91. The van der Waals surface area contributed by atoms with Crippen molar-refractivity contribution >= 4 is 21.4 Å². The molecule has 0 radical (unpaired) electrons. The van der Waals surface area contributed by atoms with Crippen molar-refractivity contribution in [2.24, 2.45) is 12.8 Å². The average Bonchev–Trinajstić information content (AvgIpc) is 3.56. The summed E-state index contributed by atoms with van der Waals surface area (Å²) in [6.45, 7) is 3.12. The van der Waals surface area contributed by atoms with Gasteiger partial charge >= 0.3 is 6.36 Å². The maximum atomic E-state index is 13.4. The number of alkyl halides is 3. The van der Waals surface area contributed by atoms with Gasteiger partial charge in [-0.15, -0.1) is 28.5 Å². The normalized spacial score (nSPS) is 16.8. The van der Waals surface area contributed by atoms with Crippen LogP contribution in [-0.2, 0) is 33.6 Å². The predicted octanol–water partition coefficient (Wildman–Crippen LogP) is 3.48. The summed E-state index contributed by atoms with van der Waals surface area (Å²) in [4.78, 5) is 14.5. The van der Waals surface area contributed by atoms with Gasteiger partial charge in [0.1, 0.15) is 5.41 Å². The fourth-order valence-corrected chi connectivity index (χ4v) is 6.05. The Labute approximate surface area is 243 Å². The number of amides is 1. The molecule has 1 aliphatic rings. The van der Waals surface area contributed by atoms with Gasteiger partial charge in [-0.3, -0.25) is 9.48 Å². The van der Waals surface area contributed by atoms with Crippen molar-refractivity contribution in [1.29, 1.82) is 5.26 Å². The van der Waals surface area contributed by atoms with Gasteiger partial charge in [-0.05, 0) is 43.2 Å². The number of anilines is 1. The molecule has 2 N–H and O–H groups in total. The van der Waals surface area contributed by atoms with E-state index in [0.29, 0.717) is 22.4 Å². The Bertz CT molecular complexity index is 1860. The summed E-state index contributed by atoms with van der Waals surface area (Å²) in [5, 5.41) is 21.0. The molecule has 0 fully saturated rings. The molecule has 0 spiro atoms. The van der Waals surface area contributed by atoms with Gasteiger partial charge < -0.3 is 19.8 Å². The number of nitriles is 1. The summed E-state index contributed by atoms with van der Waals surface area (Å²) >= 11 is 0. The number of nitrogens with zero attached hydrogens (tertiary/aromatic N) is 6. The van der Waals surface area contributed by atoms with E-state index in [0.717, 1.165) is 6.07 Å². The number of carbonyl (C=O) groups is 1.